The van der Waals surface area contributed by atoms with Crippen LogP contribution in [0, 0.1) is 20.8 Å². The predicted octanol–water partition coefficient (Wildman–Crippen LogP) is 5.18. The number of nitrogens with zero attached hydrogens (tertiary/aromatic N) is 2. The molecule has 150 valence electrons. The van der Waals surface area contributed by atoms with Gasteiger partial charge in [-0.25, -0.2) is 9.97 Å². The maximum atomic E-state index is 12.7. The minimum Gasteiger partial charge on any atom is -0.491 e. The molecule has 29 heavy (non-hydrogen) atoms. The third-order valence-electron chi connectivity index (χ3n) is 4.42. The first-order chi connectivity index (χ1) is 13.8. The highest BCUT2D eigenvalue weighted by Gasteiger charge is 2.12. The van der Waals surface area contributed by atoms with Crippen LogP contribution in [0.1, 0.15) is 41.3 Å². The number of ether oxygens (including phenoxy) is 1. The molecule has 1 heterocycles. The number of hydrogen-bond donors (Lipinski definition) is 2. The van der Waals surface area contributed by atoms with Gasteiger partial charge in [0.1, 0.15) is 23.1 Å². The van der Waals surface area contributed by atoms with Crippen LogP contribution in [0.2, 0.25) is 0 Å². The van der Waals surface area contributed by atoms with E-state index in [-0.39, 0.29) is 12.0 Å². The number of amides is 1. The van der Waals surface area contributed by atoms with Crippen molar-refractivity contribution in [2.24, 2.45) is 0 Å². The summed E-state index contributed by atoms with van der Waals surface area (Å²) in [6.07, 6.45) is 0.0994. The Morgan fingerprint density at radius 2 is 1.72 bits per heavy atom. The third-order valence-corrected chi connectivity index (χ3v) is 4.42. The van der Waals surface area contributed by atoms with Gasteiger partial charge in [0.25, 0.3) is 5.91 Å². The average Bonchev–Trinajstić information content (AvgIpc) is 2.66. The summed E-state index contributed by atoms with van der Waals surface area (Å²) < 4.78 is 5.62. The van der Waals surface area contributed by atoms with Gasteiger partial charge < -0.3 is 15.4 Å². The first-order valence-electron chi connectivity index (χ1n) is 9.59. The van der Waals surface area contributed by atoms with Gasteiger partial charge in [-0.05, 0) is 76.1 Å². The SMILES string of the molecule is Cc1nc(Nc2cccc(C)c2C)cc(C(=O)Nc2ccc(OC(C)C)cc2)n1. The van der Waals surface area contributed by atoms with Crippen molar-refractivity contribution in [2.45, 2.75) is 40.7 Å². The number of aromatic nitrogens is 2. The first-order valence-corrected chi connectivity index (χ1v) is 9.59. The molecule has 0 aliphatic rings. The molecule has 0 aliphatic heterocycles. The van der Waals surface area contributed by atoms with E-state index >= 15 is 0 Å². The summed E-state index contributed by atoms with van der Waals surface area (Å²) in [7, 11) is 0. The zero-order valence-corrected chi connectivity index (χ0v) is 17.4. The molecule has 0 unspecified atom stereocenters. The Morgan fingerprint density at radius 3 is 2.41 bits per heavy atom. The Hall–Kier alpha value is -3.41. The van der Waals surface area contributed by atoms with Crippen LogP contribution in [0.4, 0.5) is 17.2 Å². The molecule has 2 N–H and O–H groups in total. The Labute approximate surface area is 171 Å². The van der Waals surface area contributed by atoms with Crippen LogP contribution in [0.3, 0.4) is 0 Å². The predicted molar refractivity (Wildman–Crippen MR) is 116 cm³/mol. The van der Waals surface area contributed by atoms with E-state index in [0.717, 1.165) is 17.0 Å². The smallest absolute Gasteiger partial charge is 0.274 e. The zero-order chi connectivity index (χ0) is 21.0. The standard InChI is InChI=1S/C23H26N4O2/c1-14(2)29-19-11-9-18(10-12-19)26-23(28)21-13-22(25-17(5)24-21)27-20-8-6-7-15(3)16(20)4/h6-14H,1-5H3,(H,26,28)(H,24,25,27). The molecule has 0 saturated heterocycles. The number of carbonyl (C=O) groups excluding carboxylic acids is 1. The van der Waals surface area contributed by atoms with E-state index < -0.39 is 0 Å². The van der Waals surface area contributed by atoms with E-state index in [1.807, 2.05) is 45.0 Å². The molecule has 0 atom stereocenters. The molecule has 6 nitrogen and oxygen atoms in total. The molecule has 0 saturated carbocycles. The van der Waals surface area contributed by atoms with Crippen molar-refractivity contribution in [1.82, 2.24) is 9.97 Å². The normalized spacial score (nSPS) is 10.7. The maximum Gasteiger partial charge on any atom is 0.274 e. The van der Waals surface area contributed by atoms with E-state index in [0.29, 0.717) is 23.0 Å². The fourth-order valence-electron chi connectivity index (χ4n) is 2.86. The summed E-state index contributed by atoms with van der Waals surface area (Å²) in [4.78, 5) is 21.4. The second-order valence-electron chi connectivity index (χ2n) is 7.20. The fourth-order valence-corrected chi connectivity index (χ4v) is 2.86. The minimum atomic E-state index is -0.294. The van der Waals surface area contributed by atoms with Gasteiger partial charge in [-0.3, -0.25) is 4.79 Å². The summed E-state index contributed by atoms with van der Waals surface area (Å²) in [5, 5.41) is 6.16. The lowest BCUT2D eigenvalue weighted by molar-refractivity contribution is 0.102. The van der Waals surface area contributed by atoms with Crippen molar-refractivity contribution in [2.75, 3.05) is 10.6 Å². The monoisotopic (exact) mass is 390 g/mol. The summed E-state index contributed by atoms with van der Waals surface area (Å²) in [6, 6.07) is 14.9. The maximum absolute atomic E-state index is 12.7. The van der Waals surface area contributed by atoms with Gasteiger partial charge in [0.2, 0.25) is 0 Å². The van der Waals surface area contributed by atoms with E-state index in [4.69, 9.17) is 4.74 Å². The second kappa shape index (κ2) is 8.73. The highest BCUT2D eigenvalue weighted by molar-refractivity contribution is 6.03. The molecule has 0 radical (unpaired) electrons. The fraction of sp³-hybridized carbons (Fsp3) is 0.261. The Balaban J connectivity index is 1.76. The molecule has 1 amide bonds. The minimum absolute atomic E-state index is 0.0994. The number of benzene rings is 2. The summed E-state index contributed by atoms with van der Waals surface area (Å²) in [6.45, 7) is 9.81. The van der Waals surface area contributed by atoms with Crippen molar-refractivity contribution >= 4 is 23.1 Å². The lowest BCUT2D eigenvalue weighted by Crippen LogP contribution is -2.15. The van der Waals surface area contributed by atoms with Gasteiger partial charge in [-0.15, -0.1) is 0 Å². The van der Waals surface area contributed by atoms with Crippen molar-refractivity contribution in [3.8, 4) is 5.75 Å². The highest BCUT2D eigenvalue weighted by Crippen LogP contribution is 2.23. The van der Waals surface area contributed by atoms with E-state index in [1.54, 1.807) is 25.1 Å². The van der Waals surface area contributed by atoms with Crippen LogP contribution < -0.4 is 15.4 Å². The Morgan fingerprint density at radius 1 is 1.00 bits per heavy atom. The third kappa shape index (κ3) is 5.31. The largest absolute Gasteiger partial charge is 0.491 e. The van der Waals surface area contributed by atoms with Crippen LogP contribution in [-0.2, 0) is 0 Å². The molecule has 1 aromatic heterocycles. The number of carbonyl (C=O) groups is 1. The van der Waals surface area contributed by atoms with Gasteiger partial charge in [-0.1, -0.05) is 12.1 Å². The summed E-state index contributed by atoms with van der Waals surface area (Å²) >= 11 is 0. The van der Waals surface area contributed by atoms with E-state index in [1.165, 1.54) is 5.56 Å². The lowest BCUT2D eigenvalue weighted by Gasteiger charge is -2.13. The van der Waals surface area contributed by atoms with Gasteiger partial charge in [0.15, 0.2) is 0 Å². The van der Waals surface area contributed by atoms with Crippen molar-refractivity contribution in [3.63, 3.8) is 0 Å². The Kier molecular flexibility index (Phi) is 6.12. The first kappa shape index (κ1) is 20.3. The molecule has 3 rings (SSSR count). The molecule has 0 spiro atoms. The molecular formula is C23H26N4O2. The molecule has 6 heteroatoms. The van der Waals surface area contributed by atoms with Crippen molar-refractivity contribution in [3.05, 3.63) is 71.2 Å². The number of hydrogen-bond acceptors (Lipinski definition) is 5. The number of nitrogens with one attached hydrogen (secondary N) is 2. The summed E-state index contributed by atoms with van der Waals surface area (Å²) in [5.74, 6) is 1.57. The number of aryl methyl sites for hydroxylation is 2. The molecule has 0 aliphatic carbocycles. The summed E-state index contributed by atoms with van der Waals surface area (Å²) in [5.41, 5.74) is 4.25. The molecular weight excluding hydrogens is 364 g/mol. The topological polar surface area (TPSA) is 76.1 Å². The molecule has 0 bridgehead atoms. The van der Waals surface area contributed by atoms with Gasteiger partial charge in [0.05, 0.1) is 6.10 Å². The van der Waals surface area contributed by atoms with Gasteiger partial charge in [0, 0.05) is 17.4 Å². The van der Waals surface area contributed by atoms with Crippen LogP contribution in [0.5, 0.6) is 5.75 Å². The molecule has 0 fully saturated rings. The van der Waals surface area contributed by atoms with Gasteiger partial charge >= 0.3 is 0 Å². The van der Waals surface area contributed by atoms with E-state index in [2.05, 4.69) is 33.6 Å². The number of anilines is 3. The quantitative estimate of drug-likeness (QED) is 0.606. The molecule has 2 aromatic carbocycles. The van der Waals surface area contributed by atoms with Gasteiger partial charge in [-0.2, -0.15) is 0 Å². The average molecular weight is 390 g/mol. The highest BCUT2D eigenvalue weighted by atomic mass is 16.5. The van der Waals surface area contributed by atoms with Crippen molar-refractivity contribution < 1.29 is 9.53 Å². The zero-order valence-electron chi connectivity index (χ0n) is 17.4. The Bertz CT molecular complexity index is 1010. The lowest BCUT2D eigenvalue weighted by atomic mass is 10.1. The molecule has 3 aromatic rings. The number of rotatable bonds is 6. The van der Waals surface area contributed by atoms with Crippen LogP contribution in [0.15, 0.2) is 48.5 Å². The van der Waals surface area contributed by atoms with Crippen LogP contribution >= 0.6 is 0 Å². The van der Waals surface area contributed by atoms with Crippen molar-refractivity contribution in [1.29, 1.82) is 0 Å². The van der Waals surface area contributed by atoms with Crippen LogP contribution in [-0.4, -0.2) is 22.0 Å². The van der Waals surface area contributed by atoms with Crippen LogP contribution in [0.25, 0.3) is 0 Å². The second-order valence-corrected chi connectivity index (χ2v) is 7.20. The van der Waals surface area contributed by atoms with E-state index in [9.17, 15) is 4.79 Å².